The first-order valence-corrected chi connectivity index (χ1v) is 13.8. The van der Waals surface area contributed by atoms with Crippen LogP contribution in [0.4, 0.5) is 16.6 Å². The molecular formula is C27H32N8O2S. The summed E-state index contributed by atoms with van der Waals surface area (Å²) in [5, 5.41) is 4.23. The molecule has 1 aliphatic rings. The van der Waals surface area contributed by atoms with Crippen molar-refractivity contribution in [1.82, 2.24) is 34.7 Å². The van der Waals surface area contributed by atoms with Gasteiger partial charge in [-0.05, 0) is 62.9 Å². The van der Waals surface area contributed by atoms with Gasteiger partial charge in [-0.2, -0.15) is 0 Å². The van der Waals surface area contributed by atoms with E-state index in [1.807, 2.05) is 63.4 Å². The van der Waals surface area contributed by atoms with Crippen LogP contribution in [0.25, 0.3) is 22.3 Å². The van der Waals surface area contributed by atoms with Crippen molar-refractivity contribution in [3.63, 3.8) is 0 Å². The van der Waals surface area contributed by atoms with E-state index in [1.54, 1.807) is 29.2 Å². The van der Waals surface area contributed by atoms with Gasteiger partial charge < -0.3 is 19.9 Å². The van der Waals surface area contributed by atoms with Gasteiger partial charge in [-0.3, -0.25) is 4.90 Å². The van der Waals surface area contributed by atoms with Gasteiger partial charge in [0.15, 0.2) is 0 Å². The average molecular weight is 533 g/mol. The van der Waals surface area contributed by atoms with Gasteiger partial charge in [0, 0.05) is 44.5 Å². The van der Waals surface area contributed by atoms with Crippen LogP contribution in [0.5, 0.6) is 0 Å². The van der Waals surface area contributed by atoms with Gasteiger partial charge >= 0.3 is 6.09 Å². The lowest BCUT2D eigenvalue weighted by atomic mass is 10.1. The second-order valence-corrected chi connectivity index (χ2v) is 11.0. The molecule has 4 heterocycles. The summed E-state index contributed by atoms with van der Waals surface area (Å²) in [6.07, 6.45) is 5.14. The van der Waals surface area contributed by atoms with Crippen molar-refractivity contribution in [2.24, 2.45) is 0 Å². The minimum Gasteiger partial charge on any atom is -0.444 e. The predicted molar refractivity (Wildman–Crippen MR) is 150 cm³/mol. The summed E-state index contributed by atoms with van der Waals surface area (Å²) in [6, 6.07) is 12.1. The Morgan fingerprint density at radius 1 is 1.08 bits per heavy atom. The molecular weight excluding hydrogens is 500 g/mol. The number of pyridine rings is 1. The number of piperazine rings is 1. The molecule has 1 amide bonds. The monoisotopic (exact) mass is 532 g/mol. The normalized spacial score (nSPS) is 14.6. The van der Waals surface area contributed by atoms with Crippen LogP contribution in [-0.4, -0.2) is 78.8 Å². The van der Waals surface area contributed by atoms with Crippen LogP contribution in [-0.2, 0) is 11.3 Å². The van der Waals surface area contributed by atoms with Crippen molar-refractivity contribution in [3.05, 3.63) is 54.5 Å². The molecule has 1 saturated heterocycles. The van der Waals surface area contributed by atoms with E-state index in [2.05, 4.69) is 35.1 Å². The number of amides is 1. The molecule has 38 heavy (non-hydrogen) atoms. The van der Waals surface area contributed by atoms with Gasteiger partial charge in [-0.15, -0.1) is 11.8 Å². The Labute approximate surface area is 226 Å². The van der Waals surface area contributed by atoms with Crippen molar-refractivity contribution in [2.75, 3.05) is 37.8 Å². The number of benzene rings is 1. The minimum absolute atomic E-state index is 0.243. The fourth-order valence-electron chi connectivity index (χ4n) is 4.27. The molecule has 11 heteroatoms. The Hall–Kier alpha value is -3.70. The molecule has 10 nitrogen and oxygen atoms in total. The predicted octanol–water partition coefficient (Wildman–Crippen LogP) is 4.93. The highest BCUT2D eigenvalue weighted by Crippen LogP contribution is 2.25. The van der Waals surface area contributed by atoms with Crippen LogP contribution in [0.1, 0.15) is 26.3 Å². The molecule has 1 aliphatic heterocycles. The number of hydrogen-bond acceptors (Lipinski definition) is 9. The zero-order valence-electron chi connectivity index (χ0n) is 22.1. The molecule has 1 aromatic carbocycles. The summed E-state index contributed by atoms with van der Waals surface area (Å²) in [4.78, 5) is 37.6. The van der Waals surface area contributed by atoms with E-state index >= 15 is 0 Å². The lowest BCUT2D eigenvalue weighted by Crippen LogP contribution is -2.49. The topological polar surface area (TPSA) is 112 Å². The minimum atomic E-state index is -0.481. The molecule has 0 unspecified atom stereocenters. The van der Waals surface area contributed by atoms with Gasteiger partial charge in [0.2, 0.25) is 5.95 Å². The Morgan fingerprint density at radius 2 is 1.89 bits per heavy atom. The number of aromatic amines is 1. The third kappa shape index (κ3) is 6.40. The van der Waals surface area contributed by atoms with Crippen LogP contribution in [0.2, 0.25) is 0 Å². The number of carbonyl (C=O) groups excluding carboxylic acids is 1. The second-order valence-electron chi connectivity index (χ2n) is 10.2. The first-order chi connectivity index (χ1) is 18.3. The number of thioether (sulfide) groups is 1. The quantitative estimate of drug-likeness (QED) is 0.264. The summed E-state index contributed by atoms with van der Waals surface area (Å²) in [5.74, 6) is 1.34. The standard InChI is InChI=1S/C27H32N8O2S/c1-27(2,3)37-26(36)35-11-9-34(10-12-35)16-18-7-8-28-23(13-18)33-25-31-20-6-5-19(14-22(20)32-25)21-15-24(38-4)30-17-29-21/h5-8,13-15,17H,9-12,16H2,1-4H3,(H2,28,31,32,33). The lowest BCUT2D eigenvalue weighted by Gasteiger charge is -2.35. The smallest absolute Gasteiger partial charge is 0.410 e. The van der Waals surface area contributed by atoms with Crippen LogP contribution < -0.4 is 5.32 Å². The Balaban J connectivity index is 1.21. The van der Waals surface area contributed by atoms with Crippen molar-refractivity contribution >= 4 is 40.7 Å². The molecule has 4 aromatic rings. The van der Waals surface area contributed by atoms with Gasteiger partial charge in [0.05, 0.1) is 21.8 Å². The number of carbonyl (C=O) groups is 1. The third-order valence-electron chi connectivity index (χ3n) is 6.13. The summed E-state index contributed by atoms with van der Waals surface area (Å²) in [5.41, 5.74) is 4.29. The van der Waals surface area contributed by atoms with Crippen LogP contribution >= 0.6 is 11.8 Å². The molecule has 0 spiro atoms. The third-order valence-corrected chi connectivity index (χ3v) is 6.77. The summed E-state index contributed by atoms with van der Waals surface area (Å²) < 4.78 is 5.50. The van der Waals surface area contributed by atoms with Crippen molar-refractivity contribution < 1.29 is 9.53 Å². The maximum atomic E-state index is 12.3. The maximum absolute atomic E-state index is 12.3. The average Bonchev–Trinajstić information content (AvgIpc) is 3.30. The Kier molecular flexibility index (Phi) is 7.48. The van der Waals surface area contributed by atoms with E-state index in [1.165, 1.54) is 0 Å². The highest BCUT2D eigenvalue weighted by Gasteiger charge is 2.25. The first-order valence-electron chi connectivity index (χ1n) is 12.5. The lowest BCUT2D eigenvalue weighted by molar-refractivity contribution is 0.0139. The van der Waals surface area contributed by atoms with E-state index in [4.69, 9.17) is 4.74 Å². The molecule has 0 bridgehead atoms. The van der Waals surface area contributed by atoms with E-state index < -0.39 is 5.60 Å². The van der Waals surface area contributed by atoms with E-state index in [-0.39, 0.29) is 6.09 Å². The number of H-pyrrole nitrogens is 1. The van der Waals surface area contributed by atoms with Crippen molar-refractivity contribution in [2.45, 2.75) is 37.9 Å². The zero-order chi connectivity index (χ0) is 26.7. The first kappa shape index (κ1) is 25.9. The SMILES string of the molecule is CSc1cc(-c2ccc3nc(Nc4cc(CN5CCN(C(=O)OC(C)(C)C)CC5)ccn4)[nH]c3c2)ncn1. The number of hydrogen-bond donors (Lipinski definition) is 2. The van der Waals surface area contributed by atoms with Gasteiger partial charge in [-0.1, -0.05) is 6.07 Å². The van der Waals surface area contributed by atoms with Gasteiger partial charge in [0.25, 0.3) is 0 Å². The van der Waals surface area contributed by atoms with E-state index in [9.17, 15) is 4.79 Å². The second kappa shape index (κ2) is 11.0. The van der Waals surface area contributed by atoms with E-state index in [0.717, 1.165) is 58.3 Å². The largest absolute Gasteiger partial charge is 0.444 e. The van der Waals surface area contributed by atoms with Gasteiger partial charge in [-0.25, -0.2) is 24.7 Å². The number of aromatic nitrogens is 5. The van der Waals surface area contributed by atoms with Crippen LogP contribution in [0.3, 0.4) is 0 Å². The Bertz CT molecular complexity index is 1430. The van der Waals surface area contributed by atoms with E-state index in [0.29, 0.717) is 19.0 Å². The molecule has 0 radical (unpaired) electrons. The molecule has 5 rings (SSSR count). The number of nitrogens with zero attached hydrogens (tertiary/aromatic N) is 6. The molecule has 0 atom stereocenters. The number of rotatable bonds is 6. The number of nitrogens with one attached hydrogen (secondary N) is 2. The van der Waals surface area contributed by atoms with Crippen LogP contribution in [0, 0.1) is 0 Å². The Morgan fingerprint density at radius 3 is 2.66 bits per heavy atom. The number of imidazole rings is 1. The number of anilines is 2. The molecule has 0 aliphatic carbocycles. The number of fused-ring (bicyclic) bond motifs is 1. The fourth-order valence-corrected chi connectivity index (χ4v) is 4.65. The highest BCUT2D eigenvalue weighted by atomic mass is 32.2. The maximum Gasteiger partial charge on any atom is 0.410 e. The summed E-state index contributed by atoms with van der Waals surface area (Å²) in [6.45, 7) is 9.33. The summed E-state index contributed by atoms with van der Waals surface area (Å²) in [7, 11) is 0. The zero-order valence-corrected chi connectivity index (χ0v) is 22.9. The molecule has 3 aromatic heterocycles. The molecule has 2 N–H and O–H groups in total. The fraction of sp³-hybridized carbons (Fsp3) is 0.370. The number of ether oxygens (including phenoxy) is 1. The highest BCUT2D eigenvalue weighted by molar-refractivity contribution is 7.98. The van der Waals surface area contributed by atoms with Crippen molar-refractivity contribution in [1.29, 1.82) is 0 Å². The van der Waals surface area contributed by atoms with Gasteiger partial charge in [0.1, 0.15) is 17.7 Å². The van der Waals surface area contributed by atoms with Crippen LogP contribution in [0.15, 0.2) is 53.9 Å². The molecule has 198 valence electrons. The molecule has 0 saturated carbocycles. The molecule has 1 fully saturated rings. The summed E-state index contributed by atoms with van der Waals surface area (Å²) >= 11 is 1.59. The van der Waals surface area contributed by atoms with Crippen molar-refractivity contribution in [3.8, 4) is 11.3 Å².